The normalized spacial score (nSPS) is 19.1. The summed E-state index contributed by atoms with van der Waals surface area (Å²) in [5.41, 5.74) is 1.89. The first-order valence-corrected chi connectivity index (χ1v) is 8.93. The van der Waals surface area contributed by atoms with Crippen LogP contribution in [0.4, 0.5) is 25.8 Å². The Morgan fingerprint density at radius 1 is 1.07 bits per heavy atom. The summed E-state index contributed by atoms with van der Waals surface area (Å²) in [6.07, 6.45) is 2.20. The van der Waals surface area contributed by atoms with Crippen LogP contribution in [0.3, 0.4) is 0 Å². The quantitative estimate of drug-likeness (QED) is 0.651. The minimum absolute atomic E-state index is 0.297. The molecule has 2 heterocycles. The monoisotopic (exact) mass is 384 g/mol. The number of piperazine rings is 1. The van der Waals surface area contributed by atoms with E-state index in [-0.39, 0.29) is 5.91 Å². The van der Waals surface area contributed by atoms with Crippen molar-refractivity contribution in [2.24, 2.45) is 4.99 Å². The molecule has 28 heavy (non-hydrogen) atoms. The summed E-state index contributed by atoms with van der Waals surface area (Å²) >= 11 is 0. The lowest BCUT2D eigenvalue weighted by molar-refractivity contribution is -0.118. The molecule has 144 valence electrons. The van der Waals surface area contributed by atoms with Crippen molar-refractivity contribution >= 4 is 35.6 Å². The zero-order valence-electron chi connectivity index (χ0n) is 14.9. The zero-order valence-corrected chi connectivity index (χ0v) is 14.9. The van der Waals surface area contributed by atoms with Gasteiger partial charge in [0.25, 0.3) is 0 Å². The highest BCUT2D eigenvalue weighted by Gasteiger charge is 2.29. The molecule has 6 nitrogen and oxygen atoms in total. The minimum Gasteiger partial charge on any atom is -0.366 e. The van der Waals surface area contributed by atoms with Gasteiger partial charge in [0.15, 0.2) is 0 Å². The maximum atomic E-state index is 14.6. The van der Waals surface area contributed by atoms with Crippen molar-refractivity contribution < 1.29 is 18.4 Å². The van der Waals surface area contributed by atoms with E-state index in [2.05, 4.69) is 10.3 Å². The molecule has 8 heteroatoms. The Hall–Kier alpha value is -3.29. The molecule has 2 aliphatic heterocycles. The number of rotatable bonds is 4. The number of anilines is 2. The summed E-state index contributed by atoms with van der Waals surface area (Å²) in [6, 6.07) is 8.70. The predicted octanol–water partition coefficient (Wildman–Crippen LogP) is 2.68. The van der Waals surface area contributed by atoms with E-state index in [1.165, 1.54) is 30.5 Å². The van der Waals surface area contributed by atoms with Crippen LogP contribution >= 0.6 is 0 Å². The number of carbonyl (C=O) groups is 2. The Kier molecular flexibility index (Phi) is 4.77. The third kappa shape index (κ3) is 3.45. The van der Waals surface area contributed by atoms with Crippen molar-refractivity contribution in [2.45, 2.75) is 5.92 Å². The molecular formula is C20H18F2N4O2. The van der Waals surface area contributed by atoms with Crippen molar-refractivity contribution in [3.05, 3.63) is 53.6 Å². The molecular weight excluding hydrogens is 366 g/mol. The van der Waals surface area contributed by atoms with E-state index in [0.29, 0.717) is 48.8 Å². The lowest BCUT2D eigenvalue weighted by Crippen LogP contribution is -2.46. The fourth-order valence-electron chi connectivity index (χ4n) is 3.47. The molecule has 0 aromatic heterocycles. The number of hydrogen-bond acceptors (Lipinski definition) is 4. The molecule has 4 rings (SSSR count). The molecule has 1 unspecified atom stereocenters. The van der Waals surface area contributed by atoms with Crippen LogP contribution in [0.1, 0.15) is 11.5 Å². The summed E-state index contributed by atoms with van der Waals surface area (Å²) in [6.45, 7) is 2.22. The summed E-state index contributed by atoms with van der Waals surface area (Å²) in [5, 5.41) is 2.68. The maximum absolute atomic E-state index is 14.6. The first-order valence-electron chi connectivity index (χ1n) is 8.93. The highest BCUT2D eigenvalue weighted by molar-refractivity contribution is 6.12. The summed E-state index contributed by atoms with van der Waals surface area (Å²) in [7, 11) is 0. The van der Waals surface area contributed by atoms with E-state index in [0.717, 1.165) is 6.41 Å². The van der Waals surface area contributed by atoms with E-state index >= 15 is 0 Å². The highest BCUT2D eigenvalue weighted by Crippen LogP contribution is 2.32. The molecule has 1 fully saturated rings. The van der Waals surface area contributed by atoms with E-state index in [4.69, 9.17) is 0 Å². The fraction of sp³-hybridized carbons (Fsp3) is 0.250. The van der Waals surface area contributed by atoms with Gasteiger partial charge >= 0.3 is 0 Å². The molecule has 0 saturated carbocycles. The second kappa shape index (κ2) is 7.38. The first kappa shape index (κ1) is 18.1. The number of aliphatic imine (C=N–C) groups is 1. The first-order chi connectivity index (χ1) is 13.5. The highest BCUT2D eigenvalue weighted by atomic mass is 19.1. The van der Waals surface area contributed by atoms with Crippen molar-refractivity contribution in [2.75, 3.05) is 36.4 Å². The number of amides is 2. The summed E-state index contributed by atoms with van der Waals surface area (Å²) in [4.78, 5) is 30.6. The van der Waals surface area contributed by atoms with E-state index in [1.807, 2.05) is 4.90 Å². The summed E-state index contributed by atoms with van der Waals surface area (Å²) in [5.74, 6) is -1.87. The second-order valence-corrected chi connectivity index (χ2v) is 6.74. The Morgan fingerprint density at radius 3 is 2.57 bits per heavy atom. The molecule has 0 bridgehead atoms. The van der Waals surface area contributed by atoms with Crippen LogP contribution in [-0.2, 0) is 9.59 Å². The Labute approximate surface area is 160 Å². The minimum atomic E-state index is -0.718. The lowest BCUT2D eigenvalue weighted by atomic mass is 10.0. The van der Waals surface area contributed by atoms with Gasteiger partial charge in [0, 0.05) is 44.1 Å². The van der Waals surface area contributed by atoms with Gasteiger partial charge in [-0.1, -0.05) is 0 Å². The topological polar surface area (TPSA) is 65.0 Å². The van der Waals surface area contributed by atoms with Crippen molar-refractivity contribution in [3.63, 3.8) is 0 Å². The van der Waals surface area contributed by atoms with E-state index in [1.54, 1.807) is 17.0 Å². The Morgan fingerprint density at radius 2 is 1.86 bits per heavy atom. The molecule has 2 aliphatic rings. The molecule has 1 saturated heterocycles. The molecule has 2 amide bonds. The van der Waals surface area contributed by atoms with Gasteiger partial charge in [0.05, 0.1) is 11.4 Å². The number of hydrogen-bond donors (Lipinski definition) is 1. The number of nitrogens with one attached hydrogen (secondary N) is 1. The van der Waals surface area contributed by atoms with Crippen molar-refractivity contribution in [1.29, 1.82) is 0 Å². The van der Waals surface area contributed by atoms with Crippen LogP contribution in [0, 0.1) is 11.6 Å². The largest absolute Gasteiger partial charge is 0.366 e. The number of benzene rings is 2. The number of nitrogens with zero attached hydrogens (tertiary/aromatic N) is 3. The zero-order chi connectivity index (χ0) is 19.7. The van der Waals surface area contributed by atoms with Gasteiger partial charge in [-0.3, -0.25) is 14.6 Å². The van der Waals surface area contributed by atoms with E-state index < -0.39 is 17.6 Å². The maximum Gasteiger partial charge on any atom is 0.237 e. The molecule has 2 aromatic rings. The predicted molar refractivity (Wildman–Crippen MR) is 102 cm³/mol. The van der Waals surface area contributed by atoms with Gasteiger partial charge in [0.2, 0.25) is 12.3 Å². The third-order valence-electron chi connectivity index (χ3n) is 5.00. The van der Waals surface area contributed by atoms with Crippen LogP contribution in [0.2, 0.25) is 0 Å². The average Bonchev–Trinajstić information content (AvgIpc) is 3.01. The Balaban J connectivity index is 1.51. The van der Waals surface area contributed by atoms with Crippen LogP contribution in [0.5, 0.6) is 0 Å². The molecule has 0 aliphatic carbocycles. The molecule has 1 atom stereocenters. The van der Waals surface area contributed by atoms with Crippen LogP contribution in [-0.4, -0.2) is 49.6 Å². The van der Waals surface area contributed by atoms with Gasteiger partial charge in [-0.05, 0) is 35.9 Å². The molecule has 0 radical (unpaired) electrons. The molecule has 2 aromatic carbocycles. The molecule has 0 spiro atoms. The lowest BCUT2D eigenvalue weighted by Gasteiger charge is -2.34. The standard InChI is InChI=1S/C20H18F2N4O2/c21-13-1-3-18-15(9-13)16(20(28)24-18)11-23-14-2-4-19(17(22)10-14)26-7-5-25(12-27)6-8-26/h1-4,9-12,16H,5-8H2,(H,24,28). The van der Waals surface area contributed by atoms with Gasteiger partial charge < -0.3 is 15.1 Å². The van der Waals surface area contributed by atoms with Gasteiger partial charge in [0.1, 0.15) is 17.6 Å². The third-order valence-corrected chi connectivity index (χ3v) is 5.00. The van der Waals surface area contributed by atoms with Gasteiger partial charge in [-0.15, -0.1) is 0 Å². The fourth-order valence-corrected chi connectivity index (χ4v) is 3.47. The summed E-state index contributed by atoms with van der Waals surface area (Å²) < 4.78 is 28.0. The van der Waals surface area contributed by atoms with Crippen molar-refractivity contribution in [3.8, 4) is 0 Å². The SMILES string of the molecule is O=CN1CCN(c2ccc(N=CC3C(=O)Nc4ccc(F)cc43)cc2F)CC1. The van der Waals surface area contributed by atoms with Crippen LogP contribution in [0.25, 0.3) is 0 Å². The van der Waals surface area contributed by atoms with Crippen LogP contribution in [0.15, 0.2) is 41.4 Å². The number of carbonyl (C=O) groups excluding carboxylic acids is 2. The smallest absolute Gasteiger partial charge is 0.237 e. The van der Waals surface area contributed by atoms with E-state index in [9.17, 15) is 18.4 Å². The van der Waals surface area contributed by atoms with Gasteiger partial charge in [-0.2, -0.15) is 0 Å². The Bertz CT molecular complexity index is 955. The number of halogens is 2. The second-order valence-electron chi connectivity index (χ2n) is 6.74. The van der Waals surface area contributed by atoms with Crippen molar-refractivity contribution in [1.82, 2.24) is 4.90 Å². The van der Waals surface area contributed by atoms with Gasteiger partial charge in [-0.25, -0.2) is 8.78 Å². The molecule has 1 N–H and O–H groups in total. The van der Waals surface area contributed by atoms with Crippen LogP contribution < -0.4 is 10.2 Å². The number of fused-ring (bicyclic) bond motifs is 1. The average molecular weight is 384 g/mol.